The minimum atomic E-state index is 0.513. The van der Waals surface area contributed by atoms with Crippen LogP contribution in [0.5, 0.6) is 0 Å². The van der Waals surface area contributed by atoms with E-state index in [-0.39, 0.29) is 0 Å². The Morgan fingerprint density at radius 2 is 1.50 bits per heavy atom. The zero-order valence-corrected chi connectivity index (χ0v) is 12.0. The summed E-state index contributed by atoms with van der Waals surface area (Å²) in [6.45, 7) is 16.3. The first-order valence-corrected chi connectivity index (χ1v) is 6.93. The molecule has 1 saturated carbocycles. The molecule has 0 unspecified atom stereocenters. The van der Waals surface area contributed by atoms with Gasteiger partial charge >= 0.3 is 0 Å². The van der Waals surface area contributed by atoms with Crippen LogP contribution in [-0.4, -0.2) is 0 Å². The molecule has 0 atom stereocenters. The molecule has 0 radical (unpaired) electrons. The zero-order valence-electron chi connectivity index (χ0n) is 12.0. The molecular formula is C16H30. The number of hydrogen-bond acceptors (Lipinski definition) is 0. The summed E-state index contributed by atoms with van der Waals surface area (Å²) in [4.78, 5) is 0. The van der Waals surface area contributed by atoms with Gasteiger partial charge in [0, 0.05) is 0 Å². The van der Waals surface area contributed by atoms with E-state index in [1.54, 1.807) is 0 Å². The van der Waals surface area contributed by atoms with Crippen molar-refractivity contribution in [2.24, 2.45) is 16.7 Å². The smallest absolute Gasteiger partial charge is 0.0196 e. The minimum Gasteiger partial charge on any atom is -0.0996 e. The van der Waals surface area contributed by atoms with Gasteiger partial charge in [-0.1, -0.05) is 53.2 Å². The van der Waals surface area contributed by atoms with Crippen molar-refractivity contribution in [2.75, 3.05) is 0 Å². The molecule has 1 aliphatic carbocycles. The first kappa shape index (κ1) is 13.8. The van der Waals surface area contributed by atoms with E-state index >= 15 is 0 Å². The molecule has 0 saturated heterocycles. The summed E-state index contributed by atoms with van der Waals surface area (Å²) < 4.78 is 0. The Morgan fingerprint density at radius 1 is 1.06 bits per heavy atom. The molecule has 1 aliphatic rings. The molecule has 16 heavy (non-hydrogen) atoms. The van der Waals surface area contributed by atoms with E-state index in [1.807, 2.05) is 0 Å². The maximum absolute atomic E-state index is 4.30. The predicted molar refractivity (Wildman–Crippen MR) is 73.6 cm³/mol. The highest BCUT2D eigenvalue weighted by molar-refractivity contribution is 5.03. The van der Waals surface area contributed by atoms with Crippen molar-refractivity contribution in [3.05, 3.63) is 12.2 Å². The van der Waals surface area contributed by atoms with Gasteiger partial charge in [0.05, 0.1) is 0 Å². The highest BCUT2D eigenvalue weighted by Crippen LogP contribution is 2.45. The zero-order chi connectivity index (χ0) is 12.4. The normalized spacial score (nSPS) is 25.8. The Hall–Kier alpha value is -0.260. The Labute approximate surface area is 103 Å². The van der Waals surface area contributed by atoms with Gasteiger partial charge in [0.2, 0.25) is 0 Å². The van der Waals surface area contributed by atoms with Gasteiger partial charge in [-0.15, -0.1) is 0 Å². The predicted octanol–water partition coefficient (Wildman–Crippen LogP) is 5.59. The Kier molecular flexibility index (Phi) is 4.26. The highest BCUT2D eigenvalue weighted by atomic mass is 14.4. The van der Waals surface area contributed by atoms with Crippen LogP contribution in [0, 0.1) is 16.7 Å². The summed E-state index contributed by atoms with van der Waals surface area (Å²) in [5.41, 5.74) is 2.50. The lowest BCUT2D eigenvalue weighted by atomic mass is 9.66. The molecule has 1 fully saturated rings. The summed E-state index contributed by atoms with van der Waals surface area (Å²) in [7, 11) is 0. The Morgan fingerprint density at radius 3 is 1.88 bits per heavy atom. The SMILES string of the molecule is C=C(CC)C1CC(C)(C)CCCC(C)(C)C1. The van der Waals surface area contributed by atoms with E-state index in [1.165, 1.54) is 37.7 Å². The first-order chi connectivity index (χ1) is 7.26. The summed E-state index contributed by atoms with van der Waals surface area (Å²) in [5, 5.41) is 0. The Bertz CT molecular complexity index is 227. The van der Waals surface area contributed by atoms with Gasteiger partial charge in [-0.05, 0) is 48.9 Å². The third-order valence-corrected chi connectivity index (χ3v) is 4.34. The molecular weight excluding hydrogens is 192 g/mol. The molecule has 0 nitrogen and oxygen atoms in total. The van der Waals surface area contributed by atoms with Crippen LogP contribution in [0.3, 0.4) is 0 Å². The molecule has 94 valence electrons. The summed E-state index contributed by atoms with van der Waals surface area (Å²) in [5.74, 6) is 0.746. The fraction of sp³-hybridized carbons (Fsp3) is 0.875. The maximum atomic E-state index is 4.30. The summed E-state index contributed by atoms with van der Waals surface area (Å²) >= 11 is 0. The number of hydrogen-bond donors (Lipinski definition) is 0. The van der Waals surface area contributed by atoms with Crippen LogP contribution < -0.4 is 0 Å². The van der Waals surface area contributed by atoms with E-state index in [4.69, 9.17) is 0 Å². The lowest BCUT2D eigenvalue weighted by Gasteiger charge is -2.39. The molecule has 0 aromatic carbocycles. The van der Waals surface area contributed by atoms with E-state index < -0.39 is 0 Å². The number of rotatable bonds is 2. The van der Waals surface area contributed by atoms with Crippen LogP contribution >= 0.6 is 0 Å². The van der Waals surface area contributed by atoms with Crippen LogP contribution in [0.15, 0.2) is 12.2 Å². The van der Waals surface area contributed by atoms with E-state index in [9.17, 15) is 0 Å². The molecule has 0 heteroatoms. The quantitative estimate of drug-likeness (QED) is 0.535. The van der Waals surface area contributed by atoms with Crippen molar-refractivity contribution in [2.45, 2.75) is 73.1 Å². The monoisotopic (exact) mass is 222 g/mol. The fourth-order valence-electron chi connectivity index (χ4n) is 3.23. The van der Waals surface area contributed by atoms with Gasteiger partial charge in [-0.3, -0.25) is 0 Å². The number of allylic oxidation sites excluding steroid dienone is 1. The summed E-state index contributed by atoms with van der Waals surface area (Å²) in [6, 6.07) is 0. The molecule has 0 aromatic heterocycles. The van der Waals surface area contributed by atoms with Crippen LogP contribution in [0.25, 0.3) is 0 Å². The van der Waals surface area contributed by atoms with Crippen molar-refractivity contribution in [1.29, 1.82) is 0 Å². The second kappa shape index (κ2) is 4.94. The van der Waals surface area contributed by atoms with Gasteiger partial charge in [0.25, 0.3) is 0 Å². The second-order valence-corrected chi connectivity index (χ2v) is 7.30. The lowest BCUT2D eigenvalue weighted by molar-refractivity contribution is 0.153. The van der Waals surface area contributed by atoms with Crippen molar-refractivity contribution in [1.82, 2.24) is 0 Å². The molecule has 0 aliphatic heterocycles. The largest absolute Gasteiger partial charge is 0.0996 e. The molecule has 0 N–H and O–H groups in total. The maximum Gasteiger partial charge on any atom is -0.0196 e. The van der Waals surface area contributed by atoms with E-state index in [2.05, 4.69) is 41.2 Å². The molecule has 0 heterocycles. The standard InChI is InChI=1S/C16H30/c1-7-13(2)14-11-15(3,4)9-8-10-16(5,6)12-14/h14H,2,7-12H2,1,3-6H3. The molecule has 0 spiro atoms. The average molecular weight is 222 g/mol. The Balaban J connectivity index is 2.79. The molecule has 0 amide bonds. The van der Waals surface area contributed by atoms with Crippen LogP contribution in [0.1, 0.15) is 73.1 Å². The molecule has 1 rings (SSSR count). The average Bonchev–Trinajstić information content (AvgIpc) is 2.12. The van der Waals surface area contributed by atoms with Gasteiger partial charge in [0.15, 0.2) is 0 Å². The van der Waals surface area contributed by atoms with Gasteiger partial charge in [0.1, 0.15) is 0 Å². The summed E-state index contributed by atoms with van der Waals surface area (Å²) in [6.07, 6.45) is 7.97. The van der Waals surface area contributed by atoms with Gasteiger partial charge < -0.3 is 0 Å². The highest BCUT2D eigenvalue weighted by Gasteiger charge is 2.32. The second-order valence-electron chi connectivity index (χ2n) is 7.30. The van der Waals surface area contributed by atoms with Crippen molar-refractivity contribution < 1.29 is 0 Å². The van der Waals surface area contributed by atoms with Crippen LogP contribution in [0.4, 0.5) is 0 Å². The minimum absolute atomic E-state index is 0.513. The fourth-order valence-corrected chi connectivity index (χ4v) is 3.23. The van der Waals surface area contributed by atoms with Gasteiger partial charge in [-0.2, -0.15) is 0 Å². The van der Waals surface area contributed by atoms with Gasteiger partial charge in [-0.25, -0.2) is 0 Å². The molecule has 0 aromatic rings. The third-order valence-electron chi connectivity index (χ3n) is 4.34. The lowest BCUT2D eigenvalue weighted by Crippen LogP contribution is -2.27. The van der Waals surface area contributed by atoms with Crippen LogP contribution in [-0.2, 0) is 0 Å². The van der Waals surface area contributed by atoms with E-state index in [0.29, 0.717) is 10.8 Å². The third kappa shape index (κ3) is 3.96. The van der Waals surface area contributed by atoms with Crippen LogP contribution in [0.2, 0.25) is 0 Å². The van der Waals surface area contributed by atoms with Crippen molar-refractivity contribution >= 4 is 0 Å². The first-order valence-electron chi connectivity index (χ1n) is 6.93. The van der Waals surface area contributed by atoms with Crippen molar-refractivity contribution in [3.8, 4) is 0 Å². The topological polar surface area (TPSA) is 0 Å². The molecule has 0 bridgehead atoms. The van der Waals surface area contributed by atoms with E-state index in [0.717, 1.165) is 12.3 Å². The van der Waals surface area contributed by atoms with Crippen molar-refractivity contribution in [3.63, 3.8) is 0 Å².